The van der Waals surface area contributed by atoms with Gasteiger partial charge in [-0.3, -0.25) is 4.79 Å². The Labute approximate surface area is 105 Å². The van der Waals surface area contributed by atoms with Crippen LogP contribution >= 0.6 is 23.2 Å². The van der Waals surface area contributed by atoms with Crippen molar-refractivity contribution in [2.24, 2.45) is 5.92 Å². The van der Waals surface area contributed by atoms with Crippen LogP contribution in [-0.2, 0) is 4.79 Å². The molecule has 1 amide bonds. The van der Waals surface area contributed by atoms with E-state index in [0.717, 1.165) is 16.8 Å². The number of carbonyl (C=O) groups excluding carboxylic acids is 1. The highest BCUT2D eigenvalue weighted by molar-refractivity contribution is 6.52. The van der Waals surface area contributed by atoms with Gasteiger partial charge in [0.25, 0.3) is 0 Å². The first kappa shape index (κ1) is 11.7. The molecular formula is C12H13Cl2NO. The van der Waals surface area contributed by atoms with E-state index in [0.29, 0.717) is 6.42 Å². The van der Waals surface area contributed by atoms with E-state index >= 15 is 0 Å². The Balaban J connectivity index is 2.10. The first-order chi connectivity index (χ1) is 7.42. The van der Waals surface area contributed by atoms with Gasteiger partial charge in [0.15, 0.2) is 0 Å². The Morgan fingerprint density at radius 2 is 2.06 bits per heavy atom. The van der Waals surface area contributed by atoms with Gasteiger partial charge in [0.2, 0.25) is 5.91 Å². The highest BCUT2D eigenvalue weighted by Crippen LogP contribution is 2.53. The van der Waals surface area contributed by atoms with Gasteiger partial charge >= 0.3 is 0 Å². The second-order valence-electron chi connectivity index (χ2n) is 4.25. The van der Waals surface area contributed by atoms with Crippen molar-refractivity contribution in [2.75, 3.05) is 5.32 Å². The van der Waals surface area contributed by atoms with Crippen LogP contribution < -0.4 is 5.32 Å². The van der Waals surface area contributed by atoms with Crippen molar-refractivity contribution in [3.05, 3.63) is 29.3 Å². The number of amides is 1. The predicted octanol–water partition coefficient (Wildman–Crippen LogP) is 3.44. The summed E-state index contributed by atoms with van der Waals surface area (Å²) in [6, 6.07) is 5.81. The lowest BCUT2D eigenvalue weighted by molar-refractivity contribution is -0.117. The maximum Gasteiger partial charge on any atom is 0.230 e. The van der Waals surface area contributed by atoms with Gasteiger partial charge in [-0.15, -0.1) is 23.2 Å². The van der Waals surface area contributed by atoms with E-state index in [1.54, 1.807) is 0 Å². The van der Waals surface area contributed by atoms with Crippen molar-refractivity contribution in [1.29, 1.82) is 0 Å². The SMILES string of the molecule is Cc1cccc(NC(=O)[C@H]2CC2(Cl)Cl)c1C. The highest BCUT2D eigenvalue weighted by atomic mass is 35.5. The Kier molecular flexibility index (Phi) is 2.89. The average molecular weight is 258 g/mol. The third-order valence-electron chi connectivity index (χ3n) is 3.00. The van der Waals surface area contributed by atoms with E-state index in [9.17, 15) is 4.79 Å². The lowest BCUT2D eigenvalue weighted by atomic mass is 10.1. The molecule has 0 unspecified atom stereocenters. The van der Waals surface area contributed by atoms with E-state index < -0.39 is 4.33 Å². The van der Waals surface area contributed by atoms with Gasteiger partial charge in [0, 0.05) is 5.69 Å². The zero-order valence-electron chi connectivity index (χ0n) is 9.18. The number of alkyl halides is 2. The number of anilines is 1. The molecule has 1 aliphatic rings. The predicted molar refractivity (Wildman–Crippen MR) is 67.1 cm³/mol. The summed E-state index contributed by atoms with van der Waals surface area (Å²) >= 11 is 11.7. The molecule has 1 aromatic carbocycles. The fourth-order valence-electron chi connectivity index (χ4n) is 1.60. The smallest absolute Gasteiger partial charge is 0.230 e. The molecule has 0 aliphatic heterocycles. The minimum atomic E-state index is -0.859. The van der Waals surface area contributed by atoms with Crippen molar-refractivity contribution >= 4 is 34.8 Å². The van der Waals surface area contributed by atoms with E-state index in [1.807, 2.05) is 32.0 Å². The van der Waals surface area contributed by atoms with Crippen LogP contribution in [0.3, 0.4) is 0 Å². The number of hydrogen-bond donors (Lipinski definition) is 1. The zero-order chi connectivity index (χ0) is 11.9. The molecule has 0 heterocycles. The van der Waals surface area contributed by atoms with Gasteiger partial charge in [-0.1, -0.05) is 12.1 Å². The molecule has 1 aliphatic carbocycles. The largest absolute Gasteiger partial charge is 0.326 e. The summed E-state index contributed by atoms with van der Waals surface area (Å²) in [7, 11) is 0. The number of nitrogens with one attached hydrogen (secondary N) is 1. The monoisotopic (exact) mass is 257 g/mol. The molecular weight excluding hydrogens is 245 g/mol. The third kappa shape index (κ3) is 2.18. The lowest BCUT2D eigenvalue weighted by Crippen LogP contribution is -2.17. The molecule has 0 aromatic heterocycles. The van der Waals surface area contributed by atoms with Crippen LogP contribution in [0.1, 0.15) is 17.5 Å². The standard InChI is InChI=1S/C12H13Cl2NO/c1-7-4-3-5-10(8(7)2)15-11(16)9-6-12(9,13)14/h3-5,9H,6H2,1-2H3,(H,15,16)/t9-/m1/s1. The van der Waals surface area contributed by atoms with Gasteiger partial charge in [0.05, 0.1) is 5.92 Å². The molecule has 1 atom stereocenters. The van der Waals surface area contributed by atoms with Crippen LogP contribution in [0.4, 0.5) is 5.69 Å². The number of aryl methyl sites for hydroxylation is 1. The number of benzene rings is 1. The molecule has 1 saturated carbocycles. The summed E-state index contributed by atoms with van der Waals surface area (Å²) in [4.78, 5) is 11.8. The molecule has 1 N–H and O–H groups in total. The first-order valence-corrected chi connectivity index (χ1v) is 5.92. The lowest BCUT2D eigenvalue weighted by Gasteiger charge is -2.10. The molecule has 2 nitrogen and oxygen atoms in total. The minimum absolute atomic E-state index is 0.0984. The van der Waals surface area contributed by atoms with Crippen molar-refractivity contribution in [3.63, 3.8) is 0 Å². The number of hydrogen-bond acceptors (Lipinski definition) is 1. The maximum atomic E-state index is 11.8. The van der Waals surface area contributed by atoms with Gasteiger partial charge < -0.3 is 5.32 Å². The van der Waals surface area contributed by atoms with Gasteiger partial charge in [0.1, 0.15) is 4.33 Å². The molecule has 0 saturated heterocycles. The molecule has 16 heavy (non-hydrogen) atoms. The average Bonchev–Trinajstić information content (AvgIpc) is 2.83. The van der Waals surface area contributed by atoms with E-state index in [2.05, 4.69) is 5.32 Å². The molecule has 4 heteroatoms. The van der Waals surface area contributed by atoms with Crippen molar-refractivity contribution in [2.45, 2.75) is 24.6 Å². The molecule has 0 bridgehead atoms. The minimum Gasteiger partial charge on any atom is -0.326 e. The van der Waals surface area contributed by atoms with E-state index in [4.69, 9.17) is 23.2 Å². The molecule has 0 radical (unpaired) electrons. The molecule has 1 fully saturated rings. The second kappa shape index (κ2) is 3.94. The van der Waals surface area contributed by atoms with Gasteiger partial charge in [-0.05, 0) is 37.5 Å². The van der Waals surface area contributed by atoms with Crippen LogP contribution in [0.25, 0.3) is 0 Å². The molecule has 2 rings (SSSR count). The van der Waals surface area contributed by atoms with Crippen molar-refractivity contribution in [1.82, 2.24) is 0 Å². The van der Waals surface area contributed by atoms with Crippen LogP contribution in [0.2, 0.25) is 0 Å². The normalized spacial score (nSPS) is 21.6. The third-order valence-corrected chi connectivity index (χ3v) is 3.84. The number of carbonyl (C=O) groups is 1. The summed E-state index contributed by atoms with van der Waals surface area (Å²) in [6.07, 6.45) is 0.535. The molecule has 86 valence electrons. The summed E-state index contributed by atoms with van der Waals surface area (Å²) in [6.45, 7) is 3.99. The van der Waals surface area contributed by atoms with Crippen molar-refractivity contribution in [3.8, 4) is 0 Å². The summed E-state index contributed by atoms with van der Waals surface area (Å²) in [5.74, 6) is -0.380. The summed E-state index contributed by atoms with van der Waals surface area (Å²) in [5.41, 5.74) is 3.06. The van der Waals surface area contributed by atoms with E-state index in [-0.39, 0.29) is 11.8 Å². The maximum absolute atomic E-state index is 11.8. The zero-order valence-corrected chi connectivity index (χ0v) is 10.7. The second-order valence-corrected chi connectivity index (χ2v) is 5.80. The Morgan fingerprint density at radius 3 is 2.62 bits per heavy atom. The van der Waals surface area contributed by atoms with Crippen LogP contribution in [0.15, 0.2) is 18.2 Å². The Bertz CT molecular complexity index is 443. The van der Waals surface area contributed by atoms with Crippen LogP contribution in [0, 0.1) is 19.8 Å². The number of halogens is 2. The van der Waals surface area contributed by atoms with Crippen LogP contribution in [-0.4, -0.2) is 10.2 Å². The fraction of sp³-hybridized carbons (Fsp3) is 0.417. The molecule has 0 spiro atoms. The molecule has 1 aromatic rings. The van der Waals surface area contributed by atoms with Crippen LogP contribution in [0.5, 0.6) is 0 Å². The first-order valence-electron chi connectivity index (χ1n) is 5.17. The quantitative estimate of drug-likeness (QED) is 0.809. The highest BCUT2D eigenvalue weighted by Gasteiger charge is 2.56. The Morgan fingerprint density at radius 1 is 1.44 bits per heavy atom. The summed E-state index contributed by atoms with van der Waals surface area (Å²) in [5, 5.41) is 2.86. The number of rotatable bonds is 2. The topological polar surface area (TPSA) is 29.1 Å². The van der Waals surface area contributed by atoms with Gasteiger partial charge in [-0.2, -0.15) is 0 Å². The van der Waals surface area contributed by atoms with Crippen molar-refractivity contribution < 1.29 is 4.79 Å². The van der Waals surface area contributed by atoms with E-state index in [1.165, 1.54) is 0 Å². The van der Waals surface area contributed by atoms with Gasteiger partial charge in [-0.25, -0.2) is 0 Å². The Hall–Kier alpha value is -0.730. The summed E-state index contributed by atoms with van der Waals surface area (Å²) < 4.78 is -0.859. The fourth-order valence-corrected chi connectivity index (χ4v) is 2.11.